The van der Waals surface area contributed by atoms with Crippen LogP contribution in [0.1, 0.15) is 15.9 Å². The fraction of sp³-hybridized carbons (Fsp3) is 0.0667. The first kappa shape index (κ1) is 13.3. The number of hydrogen-bond acceptors (Lipinski definition) is 3. The molecule has 0 saturated heterocycles. The molecule has 0 unspecified atom stereocenters. The normalized spacial score (nSPS) is 10.6. The fourth-order valence-electron chi connectivity index (χ4n) is 1.50. The van der Waals surface area contributed by atoms with Crippen LogP contribution in [0.3, 0.4) is 0 Å². The molecule has 0 aliphatic rings. The first-order valence-electron chi connectivity index (χ1n) is 5.67. The Labute approximate surface area is 116 Å². The number of methoxy groups -OCH3 is 1. The molecule has 0 amide bonds. The lowest BCUT2D eigenvalue weighted by atomic mass is 10.2. The number of rotatable bonds is 3. The fourth-order valence-corrected chi connectivity index (χ4v) is 1.63. The number of esters is 1. The molecular weight excluding hydrogens is 262 g/mol. The molecule has 4 heteroatoms. The van der Waals surface area contributed by atoms with Crippen molar-refractivity contribution in [1.29, 1.82) is 0 Å². The summed E-state index contributed by atoms with van der Waals surface area (Å²) in [6.07, 6.45) is 1.74. The summed E-state index contributed by atoms with van der Waals surface area (Å²) in [4.78, 5) is 15.6. The van der Waals surface area contributed by atoms with Crippen LogP contribution in [-0.4, -0.2) is 19.3 Å². The molecule has 0 aliphatic heterocycles. The smallest absolute Gasteiger partial charge is 0.337 e. The van der Waals surface area contributed by atoms with Crippen LogP contribution >= 0.6 is 11.6 Å². The lowest BCUT2D eigenvalue weighted by molar-refractivity contribution is 0.0601. The largest absolute Gasteiger partial charge is 0.465 e. The highest BCUT2D eigenvalue weighted by atomic mass is 35.5. The van der Waals surface area contributed by atoms with Gasteiger partial charge in [-0.3, -0.25) is 4.99 Å². The highest BCUT2D eigenvalue weighted by Crippen LogP contribution is 2.14. The minimum atomic E-state index is -0.353. The molecule has 0 bridgehead atoms. The van der Waals surface area contributed by atoms with Gasteiger partial charge in [-0.05, 0) is 42.0 Å². The highest BCUT2D eigenvalue weighted by molar-refractivity contribution is 6.30. The minimum absolute atomic E-state index is 0.353. The second-order valence-electron chi connectivity index (χ2n) is 3.85. The van der Waals surface area contributed by atoms with Crippen LogP contribution < -0.4 is 0 Å². The highest BCUT2D eigenvalue weighted by Gasteiger charge is 2.03. The van der Waals surface area contributed by atoms with Crippen molar-refractivity contribution in [3.63, 3.8) is 0 Å². The quantitative estimate of drug-likeness (QED) is 0.629. The maximum atomic E-state index is 11.3. The standard InChI is InChI=1S/C15H12ClNO2/c1-19-15(18)12-4-8-14(9-5-12)17-10-11-2-6-13(16)7-3-11/h2-10H,1H3. The van der Waals surface area contributed by atoms with Crippen LogP contribution in [0.4, 0.5) is 5.69 Å². The number of aliphatic imine (C=N–C) groups is 1. The number of carbonyl (C=O) groups is 1. The van der Waals surface area contributed by atoms with Crippen molar-refractivity contribution in [2.75, 3.05) is 7.11 Å². The molecule has 0 fully saturated rings. The molecule has 0 atom stereocenters. The first-order valence-corrected chi connectivity index (χ1v) is 6.05. The monoisotopic (exact) mass is 273 g/mol. The van der Waals surface area contributed by atoms with E-state index in [-0.39, 0.29) is 5.97 Å². The van der Waals surface area contributed by atoms with Crippen LogP contribution in [-0.2, 0) is 4.74 Å². The number of hydrogen-bond donors (Lipinski definition) is 0. The molecular formula is C15H12ClNO2. The molecule has 2 aromatic carbocycles. The van der Waals surface area contributed by atoms with Crippen LogP contribution in [0.5, 0.6) is 0 Å². The summed E-state index contributed by atoms with van der Waals surface area (Å²) in [5, 5.41) is 0.694. The molecule has 0 spiro atoms. The third-order valence-electron chi connectivity index (χ3n) is 2.52. The van der Waals surface area contributed by atoms with E-state index in [0.29, 0.717) is 10.6 Å². The van der Waals surface area contributed by atoms with E-state index in [1.165, 1.54) is 7.11 Å². The van der Waals surface area contributed by atoms with Crippen molar-refractivity contribution >= 4 is 29.5 Å². The second-order valence-corrected chi connectivity index (χ2v) is 4.28. The third kappa shape index (κ3) is 3.66. The van der Waals surface area contributed by atoms with E-state index in [4.69, 9.17) is 11.6 Å². The van der Waals surface area contributed by atoms with Gasteiger partial charge in [0, 0.05) is 11.2 Å². The summed E-state index contributed by atoms with van der Waals surface area (Å²) >= 11 is 5.80. The predicted octanol–water partition coefficient (Wildman–Crippen LogP) is 3.88. The van der Waals surface area contributed by atoms with Gasteiger partial charge in [-0.1, -0.05) is 23.7 Å². The molecule has 0 aromatic heterocycles. The molecule has 3 nitrogen and oxygen atoms in total. The van der Waals surface area contributed by atoms with E-state index in [0.717, 1.165) is 11.3 Å². The Bertz CT molecular complexity index is 589. The van der Waals surface area contributed by atoms with Gasteiger partial charge in [0.2, 0.25) is 0 Å². The van der Waals surface area contributed by atoms with Crippen molar-refractivity contribution in [3.05, 3.63) is 64.7 Å². The summed E-state index contributed by atoms with van der Waals surface area (Å²) in [5.41, 5.74) is 2.23. The van der Waals surface area contributed by atoms with Gasteiger partial charge in [0.15, 0.2) is 0 Å². The SMILES string of the molecule is COC(=O)c1ccc(N=Cc2ccc(Cl)cc2)cc1. The first-order chi connectivity index (χ1) is 9.19. The summed E-state index contributed by atoms with van der Waals surface area (Å²) in [6, 6.07) is 14.3. The van der Waals surface area contributed by atoms with Crippen molar-refractivity contribution in [2.45, 2.75) is 0 Å². The second kappa shape index (κ2) is 6.16. The van der Waals surface area contributed by atoms with Crippen LogP contribution in [0.25, 0.3) is 0 Å². The van der Waals surface area contributed by atoms with Gasteiger partial charge in [0.05, 0.1) is 18.4 Å². The van der Waals surface area contributed by atoms with Gasteiger partial charge in [-0.25, -0.2) is 4.79 Å². The zero-order chi connectivity index (χ0) is 13.7. The average Bonchev–Trinajstić information content (AvgIpc) is 2.46. The lowest BCUT2D eigenvalue weighted by Crippen LogP contribution is -1.99. The Hall–Kier alpha value is -2.13. The van der Waals surface area contributed by atoms with E-state index in [1.807, 2.05) is 24.3 Å². The topological polar surface area (TPSA) is 38.7 Å². The molecule has 2 rings (SSSR count). The number of halogens is 1. The Balaban J connectivity index is 2.11. The average molecular weight is 274 g/mol. The molecule has 0 aliphatic carbocycles. The maximum Gasteiger partial charge on any atom is 0.337 e. The number of ether oxygens (including phenoxy) is 1. The molecule has 0 saturated carbocycles. The van der Waals surface area contributed by atoms with Gasteiger partial charge in [-0.15, -0.1) is 0 Å². The van der Waals surface area contributed by atoms with Crippen molar-refractivity contribution < 1.29 is 9.53 Å². The van der Waals surface area contributed by atoms with E-state index in [2.05, 4.69) is 9.73 Å². The Kier molecular flexibility index (Phi) is 4.31. The molecule has 0 heterocycles. The molecule has 0 N–H and O–H groups in total. The van der Waals surface area contributed by atoms with Crippen LogP contribution in [0, 0.1) is 0 Å². The number of carbonyl (C=O) groups excluding carboxylic acids is 1. The van der Waals surface area contributed by atoms with E-state index >= 15 is 0 Å². The molecule has 96 valence electrons. The van der Waals surface area contributed by atoms with E-state index in [9.17, 15) is 4.79 Å². The Morgan fingerprint density at radius 2 is 1.74 bits per heavy atom. The predicted molar refractivity (Wildman–Crippen MR) is 76.5 cm³/mol. The maximum absolute atomic E-state index is 11.3. The summed E-state index contributed by atoms with van der Waals surface area (Å²) in [6.45, 7) is 0. The van der Waals surface area contributed by atoms with Crippen molar-refractivity contribution in [1.82, 2.24) is 0 Å². The van der Waals surface area contributed by atoms with Gasteiger partial charge in [0.1, 0.15) is 0 Å². The minimum Gasteiger partial charge on any atom is -0.465 e. The van der Waals surface area contributed by atoms with E-state index < -0.39 is 0 Å². The molecule has 0 radical (unpaired) electrons. The number of benzene rings is 2. The van der Waals surface area contributed by atoms with E-state index in [1.54, 1.807) is 30.5 Å². The summed E-state index contributed by atoms with van der Waals surface area (Å²) < 4.78 is 4.63. The summed E-state index contributed by atoms with van der Waals surface area (Å²) in [7, 11) is 1.36. The lowest BCUT2D eigenvalue weighted by Gasteiger charge is -1.99. The molecule has 2 aromatic rings. The van der Waals surface area contributed by atoms with Gasteiger partial charge in [0.25, 0.3) is 0 Å². The van der Waals surface area contributed by atoms with Crippen molar-refractivity contribution in [2.24, 2.45) is 4.99 Å². The zero-order valence-corrected chi connectivity index (χ0v) is 11.1. The van der Waals surface area contributed by atoms with Crippen LogP contribution in [0.15, 0.2) is 53.5 Å². The van der Waals surface area contributed by atoms with Gasteiger partial charge in [-0.2, -0.15) is 0 Å². The number of nitrogens with zero attached hydrogens (tertiary/aromatic N) is 1. The zero-order valence-electron chi connectivity index (χ0n) is 10.3. The molecule has 19 heavy (non-hydrogen) atoms. The Morgan fingerprint density at radius 1 is 1.11 bits per heavy atom. The van der Waals surface area contributed by atoms with Gasteiger partial charge < -0.3 is 4.74 Å². The Morgan fingerprint density at radius 3 is 2.32 bits per heavy atom. The third-order valence-corrected chi connectivity index (χ3v) is 2.77. The summed E-state index contributed by atoms with van der Waals surface area (Å²) in [5.74, 6) is -0.353. The van der Waals surface area contributed by atoms with Crippen LogP contribution in [0.2, 0.25) is 5.02 Å². The van der Waals surface area contributed by atoms with Crippen molar-refractivity contribution in [3.8, 4) is 0 Å². The van der Waals surface area contributed by atoms with Gasteiger partial charge >= 0.3 is 5.97 Å².